The predicted molar refractivity (Wildman–Crippen MR) is 46.8 cm³/mol. The van der Waals surface area contributed by atoms with Crippen molar-refractivity contribution in [2.45, 2.75) is 0 Å². The molecule has 1 aromatic heterocycles. The SMILES string of the molecule is C=Nc1cc(F)cnc1C(=O)NC. The number of nitrogens with zero attached hydrogens (tertiary/aromatic N) is 2. The van der Waals surface area contributed by atoms with Gasteiger partial charge in [0.2, 0.25) is 0 Å². The molecular weight excluding hydrogens is 173 g/mol. The number of rotatable bonds is 2. The van der Waals surface area contributed by atoms with E-state index in [1.165, 1.54) is 7.05 Å². The van der Waals surface area contributed by atoms with E-state index in [0.29, 0.717) is 0 Å². The van der Waals surface area contributed by atoms with Gasteiger partial charge >= 0.3 is 0 Å². The summed E-state index contributed by atoms with van der Waals surface area (Å²) < 4.78 is 12.6. The Morgan fingerprint density at radius 3 is 3.00 bits per heavy atom. The molecule has 0 aliphatic carbocycles. The lowest BCUT2D eigenvalue weighted by molar-refractivity contribution is 0.0959. The Bertz CT molecular complexity index is 351. The van der Waals surface area contributed by atoms with Gasteiger partial charge in [0.05, 0.1) is 11.9 Å². The van der Waals surface area contributed by atoms with Gasteiger partial charge in [-0.25, -0.2) is 9.37 Å². The fraction of sp³-hybridized carbons (Fsp3) is 0.125. The Labute approximate surface area is 74.5 Å². The van der Waals surface area contributed by atoms with E-state index >= 15 is 0 Å². The molecule has 1 N–H and O–H groups in total. The van der Waals surface area contributed by atoms with Crippen LogP contribution in [0.2, 0.25) is 0 Å². The summed E-state index contributed by atoms with van der Waals surface area (Å²) in [5.74, 6) is -0.961. The number of aliphatic imine (C=N–C) groups is 1. The van der Waals surface area contributed by atoms with E-state index in [4.69, 9.17) is 0 Å². The quantitative estimate of drug-likeness (QED) is 0.689. The topological polar surface area (TPSA) is 54.4 Å². The first-order valence-electron chi connectivity index (χ1n) is 3.53. The highest BCUT2D eigenvalue weighted by atomic mass is 19.1. The van der Waals surface area contributed by atoms with E-state index in [-0.39, 0.29) is 11.4 Å². The second kappa shape index (κ2) is 3.75. The van der Waals surface area contributed by atoms with Gasteiger partial charge in [-0.15, -0.1) is 0 Å². The third-order valence-corrected chi connectivity index (χ3v) is 1.45. The number of carbonyl (C=O) groups excluding carboxylic acids is 1. The minimum atomic E-state index is -0.546. The number of halogens is 1. The molecule has 0 unspecified atom stereocenters. The van der Waals surface area contributed by atoms with Crippen LogP contribution in [0.25, 0.3) is 0 Å². The predicted octanol–water partition coefficient (Wildman–Crippen LogP) is 0.912. The smallest absolute Gasteiger partial charge is 0.271 e. The lowest BCUT2D eigenvalue weighted by atomic mass is 10.3. The van der Waals surface area contributed by atoms with Crippen molar-refractivity contribution in [1.82, 2.24) is 10.3 Å². The molecule has 0 bridgehead atoms. The van der Waals surface area contributed by atoms with Crippen molar-refractivity contribution in [3.63, 3.8) is 0 Å². The van der Waals surface area contributed by atoms with Crippen LogP contribution in [0.15, 0.2) is 17.3 Å². The third-order valence-electron chi connectivity index (χ3n) is 1.45. The van der Waals surface area contributed by atoms with Gasteiger partial charge in [0.15, 0.2) is 5.69 Å². The maximum absolute atomic E-state index is 12.6. The lowest BCUT2D eigenvalue weighted by Crippen LogP contribution is -2.19. The third kappa shape index (κ3) is 1.87. The molecule has 1 aromatic rings. The van der Waals surface area contributed by atoms with Crippen LogP contribution in [0, 0.1) is 5.82 Å². The molecule has 0 radical (unpaired) electrons. The average Bonchev–Trinajstić information content (AvgIpc) is 2.16. The zero-order valence-corrected chi connectivity index (χ0v) is 7.04. The first-order chi connectivity index (χ1) is 6.19. The van der Waals surface area contributed by atoms with Crippen molar-refractivity contribution in [3.8, 4) is 0 Å². The normalized spacial score (nSPS) is 9.38. The van der Waals surface area contributed by atoms with E-state index in [1.54, 1.807) is 0 Å². The van der Waals surface area contributed by atoms with Gasteiger partial charge < -0.3 is 5.32 Å². The number of hydrogen-bond acceptors (Lipinski definition) is 3. The van der Waals surface area contributed by atoms with Gasteiger partial charge in [-0.1, -0.05) is 0 Å². The van der Waals surface area contributed by atoms with E-state index in [2.05, 4.69) is 22.0 Å². The Morgan fingerprint density at radius 2 is 2.46 bits per heavy atom. The molecule has 0 saturated carbocycles. The highest BCUT2D eigenvalue weighted by Gasteiger charge is 2.11. The van der Waals surface area contributed by atoms with E-state index in [9.17, 15) is 9.18 Å². The highest BCUT2D eigenvalue weighted by molar-refractivity contribution is 5.96. The van der Waals surface area contributed by atoms with Crippen LogP contribution in [-0.2, 0) is 0 Å². The molecule has 0 fully saturated rings. The molecule has 4 nitrogen and oxygen atoms in total. The number of carbonyl (C=O) groups is 1. The molecule has 0 spiro atoms. The van der Waals surface area contributed by atoms with Crippen molar-refractivity contribution < 1.29 is 9.18 Å². The van der Waals surface area contributed by atoms with Crippen LogP contribution < -0.4 is 5.32 Å². The lowest BCUT2D eigenvalue weighted by Gasteiger charge is -2.01. The van der Waals surface area contributed by atoms with Crippen LogP contribution in [0.1, 0.15) is 10.5 Å². The molecule has 0 saturated heterocycles. The largest absolute Gasteiger partial charge is 0.354 e. The summed E-state index contributed by atoms with van der Waals surface area (Å²) >= 11 is 0. The van der Waals surface area contributed by atoms with Crippen molar-refractivity contribution in [3.05, 3.63) is 23.8 Å². The summed E-state index contributed by atoms with van der Waals surface area (Å²) in [6.45, 7) is 3.21. The minimum Gasteiger partial charge on any atom is -0.354 e. The summed E-state index contributed by atoms with van der Waals surface area (Å²) in [6, 6.07) is 1.10. The van der Waals surface area contributed by atoms with Crippen LogP contribution in [0.5, 0.6) is 0 Å². The van der Waals surface area contributed by atoms with Gasteiger partial charge in [0, 0.05) is 13.1 Å². The van der Waals surface area contributed by atoms with Gasteiger partial charge in [-0.05, 0) is 6.72 Å². The second-order valence-corrected chi connectivity index (χ2v) is 2.26. The van der Waals surface area contributed by atoms with Crippen LogP contribution in [0.4, 0.5) is 10.1 Å². The molecule has 0 atom stereocenters. The molecule has 1 amide bonds. The molecule has 1 rings (SSSR count). The number of pyridine rings is 1. The average molecular weight is 181 g/mol. The molecule has 0 aliphatic heterocycles. The van der Waals surface area contributed by atoms with Gasteiger partial charge in [-0.2, -0.15) is 0 Å². The van der Waals surface area contributed by atoms with Crippen molar-refractivity contribution in [2.24, 2.45) is 4.99 Å². The van der Waals surface area contributed by atoms with Crippen LogP contribution >= 0.6 is 0 Å². The number of hydrogen-bond donors (Lipinski definition) is 1. The Morgan fingerprint density at radius 1 is 1.77 bits per heavy atom. The zero-order chi connectivity index (χ0) is 9.84. The molecule has 13 heavy (non-hydrogen) atoms. The van der Waals surface area contributed by atoms with Crippen molar-refractivity contribution in [2.75, 3.05) is 7.05 Å². The summed E-state index contributed by atoms with van der Waals surface area (Å²) in [7, 11) is 1.46. The van der Waals surface area contributed by atoms with Crippen molar-refractivity contribution >= 4 is 18.3 Å². The first-order valence-corrected chi connectivity index (χ1v) is 3.53. The van der Waals surface area contributed by atoms with Crippen LogP contribution in [-0.4, -0.2) is 24.7 Å². The van der Waals surface area contributed by atoms with Gasteiger partial charge in [0.25, 0.3) is 5.91 Å². The summed E-state index contributed by atoms with van der Waals surface area (Å²) in [5.41, 5.74) is 0.207. The highest BCUT2D eigenvalue weighted by Crippen LogP contribution is 2.16. The maximum atomic E-state index is 12.6. The first kappa shape index (κ1) is 9.31. The van der Waals surface area contributed by atoms with Crippen LogP contribution in [0.3, 0.4) is 0 Å². The monoisotopic (exact) mass is 181 g/mol. The number of aromatic nitrogens is 1. The standard InChI is InChI=1S/C8H8FN3O/c1-10-6-3-5(9)4-12-7(6)8(13)11-2/h3-4H,1H2,2H3,(H,11,13). The second-order valence-electron chi connectivity index (χ2n) is 2.26. The Balaban J connectivity index is 3.20. The fourth-order valence-electron chi connectivity index (χ4n) is 0.842. The minimum absolute atomic E-state index is 0.0684. The molecule has 0 aromatic carbocycles. The molecule has 5 heteroatoms. The summed E-state index contributed by atoms with van der Waals surface area (Å²) in [5, 5.41) is 2.36. The molecule has 0 aliphatic rings. The zero-order valence-electron chi connectivity index (χ0n) is 7.04. The maximum Gasteiger partial charge on any atom is 0.271 e. The van der Waals surface area contributed by atoms with E-state index in [1.807, 2.05) is 0 Å². The summed E-state index contributed by atoms with van der Waals surface area (Å²) in [4.78, 5) is 18.2. The molecular formula is C8H8FN3O. The Kier molecular flexibility index (Phi) is 2.69. The summed E-state index contributed by atoms with van der Waals surface area (Å²) in [6.07, 6.45) is 0.958. The number of nitrogens with one attached hydrogen (secondary N) is 1. The van der Waals surface area contributed by atoms with E-state index in [0.717, 1.165) is 12.3 Å². The van der Waals surface area contributed by atoms with E-state index < -0.39 is 11.7 Å². The molecule has 1 heterocycles. The van der Waals surface area contributed by atoms with Gasteiger partial charge in [0.1, 0.15) is 5.82 Å². The van der Waals surface area contributed by atoms with Crippen molar-refractivity contribution in [1.29, 1.82) is 0 Å². The molecule has 68 valence electrons. The number of amides is 1. The Hall–Kier alpha value is -1.78. The van der Waals surface area contributed by atoms with Gasteiger partial charge in [-0.3, -0.25) is 9.79 Å². The fourth-order valence-corrected chi connectivity index (χ4v) is 0.842.